The number of allylic oxidation sites excluding steroid dienone is 36. The van der Waals surface area contributed by atoms with E-state index in [0.717, 1.165) is 141 Å². The van der Waals surface area contributed by atoms with Crippen molar-refractivity contribution in [3.05, 3.63) is 219 Å². The molecule has 0 aromatic heterocycles. The van der Waals surface area contributed by atoms with E-state index in [9.17, 15) is 19.5 Å². The molecule has 0 radical (unpaired) electrons. The van der Waals surface area contributed by atoms with Gasteiger partial charge in [-0.15, -0.1) is 0 Å². The highest BCUT2D eigenvalue weighted by Gasteiger charge is 2.25. The Labute approximate surface area is 517 Å². The van der Waals surface area contributed by atoms with E-state index in [0.29, 0.717) is 23.9 Å². The molecule has 0 aliphatic carbocycles. The summed E-state index contributed by atoms with van der Waals surface area (Å²) in [6, 6.07) is 0. The maximum Gasteiger partial charge on any atom is 0.361 e. The van der Waals surface area contributed by atoms with Crippen molar-refractivity contribution in [2.75, 3.05) is 47.5 Å². The monoisotopic (exact) mass is 1170 g/mol. The third-order valence-electron chi connectivity index (χ3n) is 12.2. The van der Waals surface area contributed by atoms with Gasteiger partial charge in [-0.3, -0.25) is 9.59 Å². The van der Waals surface area contributed by atoms with Gasteiger partial charge in [0.25, 0.3) is 6.29 Å². The molecule has 0 bridgehead atoms. The minimum atomic E-state index is -1.55. The first-order valence-corrected chi connectivity index (χ1v) is 31.9. The molecule has 9 heteroatoms. The second-order valence-electron chi connectivity index (χ2n) is 21.2. The first-order valence-electron chi connectivity index (χ1n) is 31.9. The lowest BCUT2D eigenvalue weighted by Gasteiger charge is -2.25. The van der Waals surface area contributed by atoms with Crippen LogP contribution in [0.1, 0.15) is 181 Å². The van der Waals surface area contributed by atoms with Gasteiger partial charge >= 0.3 is 17.9 Å². The van der Waals surface area contributed by atoms with E-state index in [4.69, 9.17) is 18.9 Å². The first-order chi connectivity index (χ1) is 41.6. The maximum absolute atomic E-state index is 12.9. The fourth-order valence-electron chi connectivity index (χ4n) is 7.42. The molecule has 0 aromatic carbocycles. The number of hydrogen-bond donors (Lipinski definition) is 1. The number of hydrogen-bond acceptors (Lipinski definition) is 7. The zero-order valence-electron chi connectivity index (χ0n) is 53.4. The lowest BCUT2D eigenvalue weighted by molar-refractivity contribution is -0.870. The predicted octanol–water partition coefficient (Wildman–Crippen LogP) is 19.8. The predicted molar refractivity (Wildman–Crippen MR) is 363 cm³/mol. The zero-order valence-corrected chi connectivity index (χ0v) is 53.4. The molecular formula is C76H114NO8+. The molecule has 470 valence electrons. The molecule has 0 amide bonds. The van der Waals surface area contributed by atoms with E-state index in [2.05, 4.69) is 233 Å². The third kappa shape index (κ3) is 65.0. The summed E-state index contributed by atoms with van der Waals surface area (Å²) in [6.45, 7) is 4.49. The quantitative estimate of drug-likeness (QED) is 0.0211. The normalized spacial score (nSPS) is 14.2. The minimum absolute atomic E-state index is 0.157. The van der Waals surface area contributed by atoms with Crippen molar-refractivity contribution in [1.29, 1.82) is 0 Å². The summed E-state index contributed by atoms with van der Waals surface area (Å²) in [5, 5.41) is 9.72. The van der Waals surface area contributed by atoms with Gasteiger partial charge < -0.3 is 28.5 Å². The fourth-order valence-corrected chi connectivity index (χ4v) is 7.42. The van der Waals surface area contributed by atoms with Crippen LogP contribution in [0.3, 0.4) is 0 Å². The minimum Gasteiger partial charge on any atom is -0.477 e. The molecule has 0 aromatic rings. The topological polar surface area (TPSA) is 108 Å². The summed E-state index contributed by atoms with van der Waals surface area (Å²) >= 11 is 0. The fraction of sp³-hybridized carbons (Fsp3) is 0.487. The summed E-state index contributed by atoms with van der Waals surface area (Å²) in [4.78, 5) is 37.5. The van der Waals surface area contributed by atoms with Gasteiger partial charge in [0.2, 0.25) is 0 Å². The summed E-state index contributed by atoms with van der Waals surface area (Å²) in [5.74, 6) is -2.17. The van der Waals surface area contributed by atoms with E-state index >= 15 is 0 Å². The number of ether oxygens (including phenoxy) is 4. The molecule has 0 heterocycles. The van der Waals surface area contributed by atoms with E-state index in [-0.39, 0.29) is 32.7 Å². The van der Waals surface area contributed by atoms with E-state index < -0.39 is 30.3 Å². The van der Waals surface area contributed by atoms with Crippen molar-refractivity contribution < 1.29 is 42.9 Å². The highest BCUT2D eigenvalue weighted by molar-refractivity contribution is 5.71. The molecule has 9 nitrogen and oxygen atoms in total. The molecule has 0 aliphatic rings. The van der Waals surface area contributed by atoms with Crippen LogP contribution in [0.15, 0.2) is 219 Å². The van der Waals surface area contributed by atoms with Crippen LogP contribution in [0, 0.1) is 0 Å². The highest BCUT2D eigenvalue weighted by atomic mass is 16.7. The average molecular weight is 1170 g/mol. The van der Waals surface area contributed by atoms with Gasteiger partial charge in [0.15, 0.2) is 6.10 Å². The summed E-state index contributed by atoms with van der Waals surface area (Å²) in [6.07, 6.45) is 98.9. The first kappa shape index (κ1) is 78.6. The molecule has 85 heavy (non-hydrogen) atoms. The number of rotatable bonds is 55. The van der Waals surface area contributed by atoms with Gasteiger partial charge in [-0.1, -0.05) is 239 Å². The second-order valence-corrected chi connectivity index (χ2v) is 21.2. The van der Waals surface area contributed by atoms with E-state index in [1.54, 1.807) is 0 Å². The van der Waals surface area contributed by atoms with Crippen LogP contribution in [0.2, 0.25) is 0 Å². The van der Waals surface area contributed by atoms with Crippen molar-refractivity contribution >= 4 is 17.9 Å². The number of aliphatic carboxylic acids is 1. The van der Waals surface area contributed by atoms with Crippen LogP contribution >= 0.6 is 0 Å². The number of likely N-dealkylation sites (N-methyl/N-ethyl adjacent to an activating group) is 1. The molecule has 2 unspecified atom stereocenters. The number of unbranched alkanes of at least 4 members (excludes halogenated alkanes) is 4. The molecule has 0 aliphatic heterocycles. The Balaban J connectivity index is 4.45. The third-order valence-corrected chi connectivity index (χ3v) is 12.2. The van der Waals surface area contributed by atoms with E-state index in [1.807, 2.05) is 21.1 Å². The van der Waals surface area contributed by atoms with Crippen molar-refractivity contribution in [3.8, 4) is 0 Å². The van der Waals surface area contributed by atoms with Crippen LogP contribution in [-0.2, 0) is 33.3 Å². The Morgan fingerprint density at radius 1 is 0.353 bits per heavy atom. The van der Waals surface area contributed by atoms with Gasteiger partial charge in [-0.05, 0) is 148 Å². The molecule has 0 spiro atoms. The standard InChI is InChI=1S/C76H113NO8/c1-6-8-10-12-14-16-18-20-22-24-26-28-30-32-34-36-37-39-41-43-45-47-49-51-53-55-57-59-61-63-65-67-74(79)85-72(71-84-76(75(80)81)82-69-68-77(3,4)5)70-83-73(78)66-64-62-60-58-56-54-52-50-48-46-44-42-40-38-35-33-31-29-27-25-23-21-19-17-15-13-11-9-7-2/h8-11,14-17,20-23,26-29,32-35,37,39-40,42-43,45-46,48-49,51-52,54-55,57-58,60,72,76H,6-7,12-13,18-19,24-25,30-31,36,38,41,44,47,50,53,56,59,61-71H2,1-5H3/p+1/b10-8-,11-9-,16-14-,17-15-,22-20-,23-21-,28-26-,29-27-,34-32-,35-33-,39-37-,42-40-,45-43-,48-46-,51-49-,54-52-,57-55-,60-58-. The summed E-state index contributed by atoms with van der Waals surface area (Å²) < 4.78 is 22.8. The zero-order chi connectivity index (χ0) is 61.9. The Morgan fingerprint density at radius 3 is 0.953 bits per heavy atom. The highest BCUT2D eigenvalue weighted by Crippen LogP contribution is 2.11. The number of esters is 2. The molecule has 2 atom stereocenters. The lowest BCUT2D eigenvalue weighted by atomic mass is 10.1. The van der Waals surface area contributed by atoms with Crippen LogP contribution < -0.4 is 0 Å². The number of carboxylic acids is 1. The summed E-state index contributed by atoms with van der Waals surface area (Å²) in [5.41, 5.74) is 0. The van der Waals surface area contributed by atoms with Gasteiger partial charge in [-0.2, -0.15) is 0 Å². The van der Waals surface area contributed by atoms with Gasteiger partial charge in [0.1, 0.15) is 13.2 Å². The molecule has 0 saturated heterocycles. The van der Waals surface area contributed by atoms with Crippen LogP contribution in [0.25, 0.3) is 0 Å². The SMILES string of the molecule is CC/C=C\C/C=C\C/C=C\C/C=C\C/C=C\C/C=C\C/C=C\C/C=C\C/C=C\CCCCCC(=O)OC(COC(=O)CCC/C=C\C/C=C\C/C=C\C/C=C\C/C=C\C/C=C\C/C=C\C/C=C\C/C=C\CC)COC(OCC[N+](C)(C)C)C(=O)O. The number of carbonyl (C=O) groups excluding carboxylic acids is 2. The summed E-state index contributed by atoms with van der Waals surface area (Å²) in [7, 11) is 5.92. The average Bonchev–Trinajstić information content (AvgIpc) is 3.49. The van der Waals surface area contributed by atoms with Gasteiger partial charge in [0, 0.05) is 12.8 Å². The van der Waals surface area contributed by atoms with Crippen LogP contribution in [0.4, 0.5) is 0 Å². The van der Waals surface area contributed by atoms with Gasteiger partial charge in [0.05, 0.1) is 34.4 Å². The second kappa shape index (κ2) is 63.6. The molecule has 0 saturated carbocycles. The van der Waals surface area contributed by atoms with Crippen LogP contribution in [0.5, 0.6) is 0 Å². The number of quaternary nitrogens is 1. The van der Waals surface area contributed by atoms with Gasteiger partial charge in [-0.25, -0.2) is 4.79 Å². The Bertz CT molecular complexity index is 2190. The number of nitrogens with zero attached hydrogens (tertiary/aromatic N) is 1. The van der Waals surface area contributed by atoms with E-state index in [1.165, 1.54) is 0 Å². The van der Waals surface area contributed by atoms with Crippen molar-refractivity contribution in [2.24, 2.45) is 0 Å². The molecule has 0 rings (SSSR count). The van der Waals surface area contributed by atoms with Crippen LogP contribution in [-0.4, -0.2) is 87.4 Å². The van der Waals surface area contributed by atoms with Crippen molar-refractivity contribution in [2.45, 2.75) is 193 Å². The molecule has 0 fully saturated rings. The number of carbonyl (C=O) groups is 3. The Morgan fingerprint density at radius 2 is 0.647 bits per heavy atom. The molecule has 1 N–H and O–H groups in total. The smallest absolute Gasteiger partial charge is 0.361 e. The lowest BCUT2D eigenvalue weighted by Crippen LogP contribution is -2.40. The van der Waals surface area contributed by atoms with Crippen molar-refractivity contribution in [1.82, 2.24) is 0 Å². The number of carboxylic acid groups (broad SMARTS) is 1. The largest absolute Gasteiger partial charge is 0.477 e. The maximum atomic E-state index is 12.9. The Hall–Kier alpha value is -6.39. The molecular weight excluding hydrogens is 1050 g/mol. The Kier molecular flexibility index (Phi) is 58.8. The van der Waals surface area contributed by atoms with Crippen molar-refractivity contribution in [3.63, 3.8) is 0 Å².